The Morgan fingerprint density at radius 2 is 2.00 bits per heavy atom. The average Bonchev–Trinajstić information content (AvgIpc) is 2.20. The van der Waals surface area contributed by atoms with Gasteiger partial charge in [0.2, 0.25) is 0 Å². The van der Waals surface area contributed by atoms with Crippen molar-refractivity contribution in [2.75, 3.05) is 0 Å². The average molecular weight is 250 g/mol. The molecule has 2 rings (SSSR count). The highest BCUT2D eigenvalue weighted by atomic mass is 32.1. The minimum atomic E-state index is -0.516. The van der Waals surface area contributed by atoms with Crippen molar-refractivity contribution in [2.45, 2.75) is 13.8 Å². The molecule has 1 heterocycles. The Kier molecular flexibility index (Phi) is 2.63. The number of thiocarbonyl (C=S) groups is 1. The highest BCUT2D eigenvalue weighted by Crippen LogP contribution is 2.36. The first kappa shape index (κ1) is 11.6. The van der Waals surface area contributed by atoms with Crippen LogP contribution < -0.4 is 5.63 Å². The van der Waals surface area contributed by atoms with Gasteiger partial charge in [-0.05, 0) is 25.5 Å². The highest BCUT2D eigenvalue weighted by molar-refractivity contribution is 7.80. The lowest BCUT2D eigenvalue weighted by Crippen LogP contribution is -2.02. The molecule has 0 radical (unpaired) electrons. The molecule has 0 saturated heterocycles. The lowest BCUT2D eigenvalue weighted by molar-refractivity contribution is 0.402. The molecular weight excluding hydrogens is 240 g/mol. The van der Waals surface area contributed by atoms with Crippen LogP contribution in [0.25, 0.3) is 11.0 Å². The number of hydrogen-bond acceptors (Lipinski definition) is 5. The third-order valence-corrected chi connectivity index (χ3v) is 2.75. The van der Waals surface area contributed by atoms with Gasteiger partial charge in [0.15, 0.2) is 17.1 Å². The molecule has 17 heavy (non-hydrogen) atoms. The van der Waals surface area contributed by atoms with Gasteiger partial charge in [-0.3, -0.25) is 0 Å². The summed E-state index contributed by atoms with van der Waals surface area (Å²) in [6.45, 7) is 3.31. The molecule has 4 nitrogen and oxygen atoms in total. The molecule has 0 spiro atoms. The smallest absolute Gasteiger partial charge is 0.336 e. The number of phenolic OH excluding ortho intramolecular Hbond substituents is 2. The fourth-order valence-corrected chi connectivity index (χ4v) is 1.94. The highest BCUT2D eigenvalue weighted by Gasteiger charge is 2.17. The van der Waals surface area contributed by atoms with Crippen LogP contribution in [0.15, 0.2) is 21.3 Å². The molecular formula is C12H10O4S. The van der Waals surface area contributed by atoms with E-state index >= 15 is 0 Å². The van der Waals surface area contributed by atoms with Gasteiger partial charge in [0, 0.05) is 16.3 Å². The fourth-order valence-electron chi connectivity index (χ4n) is 1.75. The summed E-state index contributed by atoms with van der Waals surface area (Å²) in [5.74, 6) is -0.646. The number of rotatable bonds is 1. The van der Waals surface area contributed by atoms with Crippen molar-refractivity contribution in [2.24, 2.45) is 0 Å². The second kappa shape index (κ2) is 3.85. The van der Waals surface area contributed by atoms with E-state index in [1.807, 2.05) is 0 Å². The number of phenols is 2. The first-order chi connectivity index (χ1) is 7.91. The van der Waals surface area contributed by atoms with E-state index in [4.69, 9.17) is 16.6 Å². The van der Waals surface area contributed by atoms with Gasteiger partial charge in [0.05, 0.1) is 5.56 Å². The molecule has 2 aromatic rings. The lowest BCUT2D eigenvalue weighted by Gasteiger charge is -2.09. The zero-order valence-corrected chi connectivity index (χ0v) is 10.1. The summed E-state index contributed by atoms with van der Waals surface area (Å²) in [4.78, 5) is 11.7. The van der Waals surface area contributed by atoms with Crippen LogP contribution in [0.1, 0.15) is 18.1 Å². The Hall–Kier alpha value is -1.88. The Morgan fingerprint density at radius 3 is 2.59 bits per heavy atom. The molecule has 88 valence electrons. The van der Waals surface area contributed by atoms with E-state index in [1.165, 1.54) is 12.1 Å². The third kappa shape index (κ3) is 1.78. The van der Waals surface area contributed by atoms with E-state index in [0.29, 0.717) is 15.8 Å². The summed E-state index contributed by atoms with van der Waals surface area (Å²) >= 11 is 4.99. The standard InChI is InChI=1S/C12H10O4S/c1-5-3-9(14)16-12-7(5)4-8(13)11(15)10(12)6(2)17/h3-4,13,15H,1-2H3. The number of fused-ring (bicyclic) bond motifs is 1. The molecule has 0 aliphatic rings. The van der Waals surface area contributed by atoms with Crippen molar-refractivity contribution in [1.29, 1.82) is 0 Å². The summed E-state index contributed by atoms with van der Waals surface area (Å²) in [6.07, 6.45) is 0. The topological polar surface area (TPSA) is 70.7 Å². The maximum atomic E-state index is 11.3. The van der Waals surface area contributed by atoms with Crippen LogP contribution in [0, 0.1) is 6.92 Å². The Morgan fingerprint density at radius 1 is 1.35 bits per heavy atom. The molecule has 0 saturated carbocycles. The van der Waals surface area contributed by atoms with Crippen LogP contribution in [0.3, 0.4) is 0 Å². The molecule has 0 bridgehead atoms. The van der Waals surface area contributed by atoms with Crippen LogP contribution >= 0.6 is 12.2 Å². The van der Waals surface area contributed by atoms with Gasteiger partial charge in [-0.15, -0.1) is 0 Å². The minimum absolute atomic E-state index is 0.191. The first-order valence-corrected chi connectivity index (χ1v) is 5.33. The second-order valence-corrected chi connectivity index (χ2v) is 4.41. The van der Waals surface area contributed by atoms with Gasteiger partial charge in [-0.1, -0.05) is 12.2 Å². The molecule has 1 aromatic heterocycles. The maximum absolute atomic E-state index is 11.3. The van der Waals surface area contributed by atoms with Crippen LogP contribution in [-0.2, 0) is 0 Å². The summed E-state index contributed by atoms with van der Waals surface area (Å²) < 4.78 is 5.06. The van der Waals surface area contributed by atoms with E-state index < -0.39 is 5.63 Å². The van der Waals surface area contributed by atoms with E-state index in [2.05, 4.69) is 0 Å². The third-order valence-electron chi connectivity index (χ3n) is 2.55. The lowest BCUT2D eigenvalue weighted by atomic mass is 10.0. The van der Waals surface area contributed by atoms with Gasteiger partial charge in [0.1, 0.15) is 0 Å². The Bertz CT molecular complexity index is 685. The maximum Gasteiger partial charge on any atom is 0.336 e. The van der Waals surface area contributed by atoms with Crippen LogP contribution in [0.5, 0.6) is 11.5 Å². The molecule has 0 unspecified atom stereocenters. The predicted octanol–water partition coefficient (Wildman–Crippen LogP) is 2.25. The normalized spacial score (nSPS) is 10.7. The van der Waals surface area contributed by atoms with Crippen molar-refractivity contribution in [1.82, 2.24) is 0 Å². The Labute approximate surface area is 102 Å². The minimum Gasteiger partial charge on any atom is -0.504 e. The van der Waals surface area contributed by atoms with E-state index in [0.717, 1.165) is 0 Å². The molecule has 1 aromatic carbocycles. The predicted molar refractivity (Wildman–Crippen MR) is 67.9 cm³/mol. The fraction of sp³-hybridized carbons (Fsp3) is 0.167. The van der Waals surface area contributed by atoms with Crippen molar-refractivity contribution in [3.63, 3.8) is 0 Å². The van der Waals surface area contributed by atoms with E-state index in [-0.39, 0.29) is 22.6 Å². The largest absolute Gasteiger partial charge is 0.504 e. The van der Waals surface area contributed by atoms with Gasteiger partial charge in [0.25, 0.3) is 0 Å². The van der Waals surface area contributed by atoms with E-state index in [9.17, 15) is 15.0 Å². The number of hydrogen-bond donors (Lipinski definition) is 2. The quantitative estimate of drug-likeness (QED) is 0.351. The SMILES string of the molecule is CC(=S)c1c(O)c(O)cc2c(C)cc(=O)oc12. The molecule has 0 aliphatic carbocycles. The summed E-state index contributed by atoms with van der Waals surface area (Å²) in [5.41, 5.74) is 0.537. The van der Waals surface area contributed by atoms with Crippen molar-refractivity contribution < 1.29 is 14.6 Å². The van der Waals surface area contributed by atoms with Crippen molar-refractivity contribution in [3.8, 4) is 11.5 Å². The molecule has 0 aliphatic heterocycles. The Balaban J connectivity index is 3.09. The number of aromatic hydroxyl groups is 2. The van der Waals surface area contributed by atoms with E-state index in [1.54, 1.807) is 13.8 Å². The number of aryl methyl sites for hydroxylation is 1. The summed E-state index contributed by atoms with van der Waals surface area (Å²) in [6, 6.07) is 2.67. The number of benzene rings is 1. The zero-order chi connectivity index (χ0) is 12.7. The summed E-state index contributed by atoms with van der Waals surface area (Å²) in [7, 11) is 0. The van der Waals surface area contributed by atoms with Crippen LogP contribution in [0.4, 0.5) is 0 Å². The van der Waals surface area contributed by atoms with Crippen LogP contribution in [0.2, 0.25) is 0 Å². The molecule has 0 amide bonds. The van der Waals surface area contributed by atoms with Crippen LogP contribution in [-0.4, -0.2) is 15.1 Å². The van der Waals surface area contributed by atoms with Gasteiger partial charge < -0.3 is 14.6 Å². The second-order valence-electron chi connectivity index (χ2n) is 3.80. The molecule has 0 atom stereocenters. The zero-order valence-electron chi connectivity index (χ0n) is 9.27. The monoisotopic (exact) mass is 250 g/mol. The molecule has 2 N–H and O–H groups in total. The van der Waals surface area contributed by atoms with Gasteiger partial charge >= 0.3 is 5.63 Å². The molecule has 0 fully saturated rings. The van der Waals surface area contributed by atoms with Crippen molar-refractivity contribution >= 4 is 28.1 Å². The van der Waals surface area contributed by atoms with Crippen molar-refractivity contribution in [3.05, 3.63) is 33.7 Å². The summed E-state index contributed by atoms with van der Waals surface area (Å²) in [5, 5.41) is 19.9. The molecule has 5 heteroatoms. The van der Waals surface area contributed by atoms with Gasteiger partial charge in [-0.2, -0.15) is 0 Å². The van der Waals surface area contributed by atoms with Gasteiger partial charge in [-0.25, -0.2) is 4.79 Å². The first-order valence-electron chi connectivity index (χ1n) is 4.92.